The van der Waals surface area contributed by atoms with E-state index in [1.807, 2.05) is 68.4 Å². The summed E-state index contributed by atoms with van der Waals surface area (Å²) >= 11 is 0. The standard InChI is InChI=1S/C19H21N3O2/c1-14-9-10-21-16(13-14)22(12-11-20(2)3)19(24)17(18(21)23)15-7-5-4-6-8-15/h4-10,13H,11-12H2,1-3H3/p+1. The summed E-state index contributed by atoms with van der Waals surface area (Å²) in [5.74, 6) is 0.0126. The van der Waals surface area contributed by atoms with Crippen LogP contribution in [0.3, 0.4) is 0 Å². The molecule has 0 aliphatic rings. The van der Waals surface area contributed by atoms with Gasteiger partial charge in [0.1, 0.15) is 12.7 Å². The number of aromatic nitrogens is 2. The van der Waals surface area contributed by atoms with E-state index >= 15 is 0 Å². The number of rotatable bonds is 4. The number of fused-ring (bicyclic) bond motifs is 1. The monoisotopic (exact) mass is 324 g/mol. The Morgan fingerprint density at radius 3 is 2.54 bits per heavy atom. The van der Waals surface area contributed by atoms with Gasteiger partial charge in [-0.3, -0.25) is 0 Å². The lowest BCUT2D eigenvalue weighted by Gasteiger charge is -2.13. The van der Waals surface area contributed by atoms with Gasteiger partial charge in [0.25, 0.3) is 11.5 Å². The quantitative estimate of drug-likeness (QED) is 0.745. The largest absolute Gasteiger partial charge is 0.477 e. The number of aromatic hydroxyl groups is 1. The molecule has 0 amide bonds. The average Bonchev–Trinajstić information content (AvgIpc) is 2.55. The van der Waals surface area contributed by atoms with E-state index in [2.05, 4.69) is 0 Å². The van der Waals surface area contributed by atoms with Crippen molar-refractivity contribution >= 4 is 5.65 Å². The van der Waals surface area contributed by atoms with Crippen LogP contribution in [-0.2, 0) is 6.54 Å². The molecule has 0 spiro atoms. The zero-order valence-electron chi connectivity index (χ0n) is 14.2. The molecule has 3 rings (SSSR count). The molecule has 0 aliphatic heterocycles. The van der Waals surface area contributed by atoms with Crippen molar-refractivity contribution in [2.45, 2.75) is 13.5 Å². The van der Waals surface area contributed by atoms with Gasteiger partial charge < -0.3 is 10.0 Å². The third kappa shape index (κ3) is 2.90. The Bertz CT molecular complexity index is 931. The van der Waals surface area contributed by atoms with Crippen LogP contribution in [0.5, 0.6) is 5.88 Å². The van der Waals surface area contributed by atoms with Gasteiger partial charge in [-0.2, -0.15) is 8.97 Å². The Kier molecular flexibility index (Phi) is 4.36. The van der Waals surface area contributed by atoms with Crippen molar-refractivity contribution in [3.05, 3.63) is 64.6 Å². The summed E-state index contributed by atoms with van der Waals surface area (Å²) in [6, 6.07) is 13.1. The van der Waals surface area contributed by atoms with Gasteiger partial charge in [-0.05, 0) is 38.2 Å². The second kappa shape index (κ2) is 6.45. The van der Waals surface area contributed by atoms with Crippen molar-refractivity contribution < 1.29 is 9.67 Å². The molecule has 0 bridgehead atoms. The highest BCUT2D eigenvalue weighted by Crippen LogP contribution is 2.23. The molecule has 0 aliphatic carbocycles. The molecule has 2 heterocycles. The minimum absolute atomic E-state index is 0.0126. The number of pyridine rings is 1. The summed E-state index contributed by atoms with van der Waals surface area (Å²) in [6.45, 7) is 3.32. The normalized spacial score (nSPS) is 11.3. The van der Waals surface area contributed by atoms with Crippen LogP contribution in [-0.4, -0.2) is 35.0 Å². The van der Waals surface area contributed by atoms with E-state index in [1.165, 1.54) is 0 Å². The Morgan fingerprint density at radius 1 is 1.17 bits per heavy atom. The lowest BCUT2D eigenvalue weighted by atomic mass is 10.1. The lowest BCUT2D eigenvalue weighted by Crippen LogP contribution is -2.44. The predicted molar refractivity (Wildman–Crippen MR) is 94.3 cm³/mol. The number of hydrogen-bond donors (Lipinski definition) is 1. The number of benzene rings is 1. The summed E-state index contributed by atoms with van der Waals surface area (Å²) in [5.41, 5.74) is 2.57. The van der Waals surface area contributed by atoms with Gasteiger partial charge in [0.2, 0.25) is 0 Å². The van der Waals surface area contributed by atoms with Crippen LogP contribution in [0.25, 0.3) is 16.8 Å². The van der Waals surface area contributed by atoms with Crippen LogP contribution in [0.4, 0.5) is 0 Å². The van der Waals surface area contributed by atoms with Crippen LogP contribution >= 0.6 is 0 Å². The van der Waals surface area contributed by atoms with Gasteiger partial charge in [0.05, 0.1) is 0 Å². The molecular formula is C19H22N3O2+. The Morgan fingerprint density at radius 2 is 1.88 bits per heavy atom. The first kappa shape index (κ1) is 16.2. The average molecular weight is 324 g/mol. The first-order valence-corrected chi connectivity index (χ1v) is 7.97. The van der Waals surface area contributed by atoms with Crippen molar-refractivity contribution in [3.63, 3.8) is 0 Å². The van der Waals surface area contributed by atoms with Gasteiger partial charge >= 0.3 is 5.56 Å². The van der Waals surface area contributed by atoms with Crippen LogP contribution in [0.2, 0.25) is 0 Å². The summed E-state index contributed by atoms with van der Waals surface area (Å²) in [7, 11) is 3.97. The third-order valence-corrected chi connectivity index (χ3v) is 4.11. The van der Waals surface area contributed by atoms with Crippen molar-refractivity contribution in [2.24, 2.45) is 0 Å². The van der Waals surface area contributed by atoms with E-state index in [4.69, 9.17) is 0 Å². The van der Waals surface area contributed by atoms with Crippen molar-refractivity contribution in [3.8, 4) is 17.0 Å². The molecule has 2 aromatic heterocycles. The molecular weight excluding hydrogens is 302 g/mol. The van der Waals surface area contributed by atoms with E-state index in [1.54, 1.807) is 15.2 Å². The minimum atomic E-state index is -0.213. The lowest BCUT2D eigenvalue weighted by molar-refractivity contribution is -0.679. The van der Waals surface area contributed by atoms with Crippen molar-refractivity contribution in [1.82, 2.24) is 9.30 Å². The maximum absolute atomic E-state index is 12.9. The molecule has 0 atom stereocenters. The highest BCUT2D eigenvalue weighted by molar-refractivity contribution is 5.67. The van der Waals surface area contributed by atoms with Gasteiger partial charge in [0.15, 0.2) is 5.56 Å². The first-order chi connectivity index (χ1) is 11.5. The predicted octanol–water partition coefficient (Wildman–Crippen LogP) is 1.83. The zero-order chi connectivity index (χ0) is 17.3. The van der Waals surface area contributed by atoms with Gasteiger partial charge in [-0.25, -0.2) is 4.79 Å². The summed E-state index contributed by atoms with van der Waals surface area (Å²) in [4.78, 5) is 15.0. The molecule has 0 unspecified atom stereocenters. The summed E-state index contributed by atoms with van der Waals surface area (Å²) in [6.07, 6.45) is 1.77. The molecule has 1 aromatic carbocycles. The Balaban J connectivity index is 2.34. The fourth-order valence-electron chi connectivity index (χ4n) is 2.81. The number of hydrogen-bond acceptors (Lipinski definition) is 3. The smallest absolute Gasteiger partial charge is 0.354 e. The highest BCUT2D eigenvalue weighted by atomic mass is 16.3. The Hall–Kier alpha value is -2.66. The van der Waals surface area contributed by atoms with Crippen molar-refractivity contribution in [2.75, 3.05) is 20.6 Å². The maximum Gasteiger partial charge on any atom is 0.354 e. The molecule has 3 aromatic rings. The molecule has 124 valence electrons. The van der Waals surface area contributed by atoms with Crippen LogP contribution < -0.4 is 10.1 Å². The van der Waals surface area contributed by atoms with Gasteiger partial charge in [0, 0.05) is 12.6 Å². The highest BCUT2D eigenvalue weighted by Gasteiger charge is 2.24. The molecule has 5 heteroatoms. The molecule has 24 heavy (non-hydrogen) atoms. The zero-order valence-corrected chi connectivity index (χ0v) is 14.2. The second-order valence-electron chi connectivity index (χ2n) is 6.26. The SMILES string of the molecule is Cc1ccn2c(=O)c(-c3ccccc3)c(O)[n+](CCN(C)C)c2c1. The van der Waals surface area contributed by atoms with E-state index in [9.17, 15) is 9.90 Å². The first-order valence-electron chi connectivity index (χ1n) is 7.97. The third-order valence-electron chi connectivity index (χ3n) is 4.11. The molecule has 5 nitrogen and oxygen atoms in total. The number of aryl methyl sites for hydroxylation is 1. The van der Waals surface area contributed by atoms with E-state index in [0.29, 0.717) is 23.3 Å². The maximum atomic E-state index is 12.9. The van der Waals surface area contributed by atoms with Crippen LogP contribution in [0.15, 0.2) is 53.5 Å². The summed E-state index contributed by atoms with van der Waals surface area (Å²) in [5, 5.41) is 10.9. The summed E-state index contributed by atoms with van der Waals surface area (Å²) < 4.78 is 3.40. The molecule has 0 fully saturated rings. The second-order valence-corrected chi connectivity index (χ2v) is 6.26. The molecule has 0 saturated heterocycles. The number of likely N-dealkylation sites (N-methyl/N-ethyl adjacent to an activating group) is 1. The topological polar surface area (TPSA) is 48.8 Å². The van der Waals surface area contributed by atoms with Crippen LogP contribution in [0, 0.1) is 6.92 Å². The van der Waals surface area contributed by atoms with Gasteiger partial charge in [-0.15, -0.1) is 0 Å². The van der Waals surface area contributed by atoms with Crippen molar-refractivity contribution in [1.29, 1.82) is 0 Å². The van der Waals surface area contributed by atoms with Crippen LogP contribution in [0.1, 0.15) is 5.56 Å². The number of nitrogens with zero attached hydrogens (tertiary/aromatic N) is 3. The molecule has 0 saturated carbocycles. The molecule has 1 N–H and O–H groups in total. The minimum Gasteiger partial charge on any atom is -0.477 e. The van der Waals surface area contributed by atoms with E-state index < -0.39 is 0 Å². The van der Waals surface area contributed by atoms with E-state index in [0.717, 1.165) is 12.1 Å². The Labute approximate surface area is 141 Å². The fourth-order valence-corrected chi connectivity index (χ4v) is 2.81. The molecule has 0 radical (unpaired) electrons. The van der Waals surface area contributed by atoms with Gasteiger partial charge in [-0.1, -0.05) is 30.3 Å². The fraction of sp³-hybridized carbons (Fsp3) is 0.263. The van der Waals surface area contributed by atoms with E-state index in [-0.39, 0.29) is 11.4 Å².